The van der Waals surface area contributed by atoms with Crippen molar-refractivity contribution >= 4 is 15.7 Å². The molecule has 1 unspecified atom stereocenters. The predicted octanol–water partition coefficient (Wildman–Crippen LogP) is 1.05. The van der Waals surface area contributed by atoms with E-state index in [2.05, 4.69) is 4.72 Å². The highest BCUT2D eigenvalue weighted by Crippen LogP contribution is 2.26. The summed E-state index contributed by atoms with van der Waals surface area (Å²) in [5, 5.41) is 18.4. The number of sulfonamides is 1. The largest absolute Gasteiger partial charge is 0.506 e. The minimum atomic E-state index is -3.76. The van der Waals surface area contributed by atoms with Crippen LogP contribution in [0, 0.1) is 5.41 Å². The van der Waals surface area contributed by atoms with Crippen LogP contribution in [-0.4, -0.2) is 31.3 Å². The first-order valence-corrected chi connectivity index (χ1v) is 7.78. The van der Waals surface area contributed by atoms with E-state index in [1.807, 2.05) is 20.8 Å². The van der Waals surface area contributed by atoms with E-state index in [0.29, 0.717) is 6.42 Å². The molecule has 7 heteroatoms. The fourth-order valence-corrected chi connectivity index (χ4v) is 3.26. The summed E-state index contributed by atoms with van der Waals surface area (Å²) >= 11 is 0. The van der Waals surface area contributed by atoms with Crippen molar-refractivity contribution in [1.29, 1.82) is 0 Å². The van der Waals surface area contributed by atoms with Gasteiger partial charge in [-0.3, -0.25) is 0 Å². The van der Waals surface area contributed by atoms with Crippen LogP contribution in [0.5, 0.6) is 5.75 Å². The summed E-state index contributed by atoms with van der Waals surface area (Å²) in [6.45, 7) is 5.56. The monoisotopic (exact) mass is 302 g/mol. The van der Waals surface area contributed by atoms with Crippen molar-refractivity contribution in [2.75, 3.05) is 12.3 Å². The molecule has 0 spiro atoms. The zero-order chi connectivity index (χ0) is 15.6. The molecule has 1 aromatic carbocycles. The Morgan fingerprint density at radius 1 is 1.35 bits per heavy atom. The molecular formula is C13H22N2O4S. The summed E-state index contributed by atoms with van der Waals surface area (Å²) in [5.41, 5.74) is 5.18. The molecule has 0 heterocycles. The zero-order valence-electron chi connectivity index (χ0n) is 11.9. The number of benzene rings is 1. The SMILES string of the molecule is CC(C)(C)C(CCO)NS(=O)(=O)c1ccc(O)c(N)c1. The summed E-state index contributed by atoms with van der Waals surface area (Å²) in [6.07, 6.45) is 0.316. The Balaban J connectivity index is 3.06. The van der Waals surface area contributed by atoms with Crippen LogP contribution in [0.1, 0.15) is 27.2 Å². The quantitative estimate of drug-likeness (QED) is 0.480. The van der Waals surface area contributed by atoms with Gasteiger partial charge in [-0.15, -0.1) is 0 Å². The minimum absolute atomic E-state index is 0.00217. The van der Waals surface area contributed by atoms with Crippen LogP contribution in [0.4, 0.5) is 5.69 Å². The maximum atomic E-state index is 12.3. The van der Waals surface area contributed by atoms with Crippen molar-refractivity contribution < 1.29 is 18.6 Å². The molecule has 0 saturated heterocycles. The standard InChI is InChI=1S/C13H22N2O4S/c1-13(2,3)12(6-7-16)15-20(18,19)9-4-5-11(17)10(14)8-9/h4-5,8,12,15-17H,6-7,14H2,1-3H3. The van der Waals surface area contributed by atoms with Crippen LogP contribution >= 0.6 is 0 Å². The highest BCUT2D eigenvalue weighted by molar-refractivity contribution is 7.89. The van der Waals surface area contributed by atoms with Crippen molar-refractivity contribution in [1.82, 2.24) is 4.72 Å². The van der Waals surface area contributed by atoms with E-state index in [-0.39, 0.29) is 28.4 Å². The molecule has 114 valence electrons. The number of hydrogen-bond donors (Lipinski definition) is 4. The molecule has 6 nitrogen and oxygen atoms in total. The van der Waals surface area contributed by atoms with Gasteiger partial charge < -0.3 is 15.9 Å². The van der Waals surface area contributed by atoms with Gasteiger partial charge in [0.25, 0.3) is 0 Å². The molecule has 1 rings (SSSR count). The Labute approximate surface area is 119 Å². The van der Waals surface area contributed by atoms with Gasteiger partial charge in [0, 0.05) is 12.6 Å². The number of nitrogen functional groups attached to an aromatic ring is 1. The molecule has 0 saturated carbocycles. The summed E-state index contributed by atoms with van der Waals surface area (Å²) in [6, 6.07) is 3.32. The maximum absolute atomic E-state index is 12.3. The van der Waals surface area contributed by atoms with Gasteiger partial charge in [-0.25, -0.2) is 13.1 Å². The van der Waals surface area contributed by atoms with Crippen molar-refractivity contribution in [3.05, 3.63) is 18.2 Å². The normalized spacial score (nSPS) is 14.2. The van der Waals surface area contributed by atoms with Gasteiger partial charge >= 0.3 is 0 Å². The molecule has 0 radical (unpaired) electrons. The second kappa shape index (κ2) is 5.99. The Bertz CT molecular complexity index is 564. The van der Waals surface area contributed by atoms with E-state index in [9.17, 15) is 13.5 Å². The number of phenols is 1. The maximum Gasteiger partial charge on any atom is 0.240 e. The topological polar surface area (TPSA) is 113 Å². The first kappa shape index (κ1) is 16.7. The van der Waals surface area contributed by atoms with Gasteiger partial charge in [-0.1, -0.05) is 20.8 Å². The second-order valence-corrected chi connectivity index (χ2v) is 7.49. The van der Waals surface area contributed by atoms with Gasteiger partial charge in [0.1, 0.15) is 5.75 Å². The van der Waals surface area contributed by atoms with Crippen molar-refractivity contribution in [3.8, 4) is 5.75 Å². The predicted molar refractivity (Wildman–Crippen MR) is 77.8 cm³/mol. The van der Waals surface area contributed by atoms with Crippen LogP contribution in [-0.2, 0) is 10.0 Å². The number of nitrogens with one attached hydrogen (secondary N) is 1. The van der Waals surface area contributed by atoms with Gasteiger partial charge in [-0.2, -0.15) is 0 Å². The summed E-state index contributed by atoms with van der Waals surface area (Å²) < 4.78 is 27.2. The summed E-state index contributed by atoms with van der Waals surface area (Å²) in [7, 11) is -3.76. The second-order valence-electron chi connectivity index (χ2n) is 5.77. The van der Waals surface area contributed by atoms with Gasteiger partial charge in [0.05, 0.1) is 10.6 Å². The van der Waals surface area contributed by atoms with E-state index in [1.165, 1.54) is 18.2 Å². The molecule has 0 aliphatic carbocycles. The molecule has 5 N–H and O–H groups in total. The van der Waals surface area contributed by atoms with Crippen LogP contribution in [0.3, 0.4) is 0 Å². The lowest BCUT2D eigenvalue weighted by Crippen LogP contribution is -2.44. The summed E-state index contributed by atoms with van der Waals surface area (Å²) in [5.74, 6) is -0.160. The lowest BCUT2D eigenvalue weighted by atomic mass is 9.86. The van der Waals surface area contributed by atoms with Crippen molar-refractivity contribution in [2.24, 2.45) is 5.41 Å². The molecule has 0 fully saturated rings. The number of aromatic hydroxyl groups is 1. The first-order chi connectivity index (χ1) is 9.08. The smallest absolute Gasteiger partial charge is 0.240 e. The number of hydrogen-bond acceptors (Lipinski definition) is 5. The molecule has 1 aromatic rings. The lowest BCUT2D eigenvalue weighted by molar-refractivity contribution is 0.214. The Kier molecular flexibility index (Phi) is 5.01. The summed E-state index contributed by atoms with van der Waals surface area (Å²) in [4.78, 5) is -0.0139. The number of rotatable bonds is 5. The fourth-order valence-electron chi connectivity index (χ4n) is 1.75. The Hall–Kier alpha value is -1.31. The number of phenolic OH excluding ortho intramolecular Hbond substituents is 1. The van der Waals surface area contributed by atoms with E-state index in [1.54, 1.807) is 0 Å². The average Bonchev–Trinajstić information content (AvgIpc) is 2.30. The molecule has 20 heavy (non-hydrogen) atoms. The third-order valence-electron chi connectivity index (χ3n) is 3.07. The number of anilines is 1. The molecule has 0 aliphatic rings. The highest BCUT2D eigenvalue weighted by Gasteiger charge is 2.29. The molecule has 0 bridgehead atoms. The van der Waals surface area contributed by atoms with Crippen molar-refractivity contribution in [3.63, 3.8) is 0 Å². The average molecular weight is 302 g/mol. The number of aliphatic hydroxyl groups excluding tert-OH is 1. The van der Waals surface area contributed by atoms with Gasteiger partial charge in [0.15, 0.2) is 0 Å². The van der Waals surface area contributed by atoms with E-state index in [0.717, 1.165) is 0 Å². The van der Waals surface area contributed by atoms with Crippen molar-refractivity contribution in [2.45, 2.75) is 38.1 Å². The minimum Gasteiger partial charge on any atom is -0.506 e. The Morgan fingerprint density at radius 2 is 1.95 bits per heavy atom. The van der Waals surface area contributed by atoms with Gasteiger partial charge in [0.2, 0.25) is 10.0 Å². The van der Waals surface area contributed by atoms with E-state index in [4.69, 9.17) is 10.8 Å². The fraction of sp³-hybridized carbons (Fsp3) is 0.538. The van der Waals surface area contributed by atoms with Crippen LogP contribution in [0.15, 0.2) is 23.1 Å². The number of nitrogens with two attached hydrogens (primary N) is 1. The van der Waals surface area contributed by atoms with Gasteiger partial charge in [-0.05, 0) is 30.0 Å². The third kappa shape index (κ3) is 4.09. The van der Waals surface area contributed by atoms with Crippen LogP contribution < -0.4 is 10.5 Å². The van der Waals surface area contributed by atoms with E-state index < -0.39 is 16.1 Å². The Morgan fingerprint density at radius 3 is 2.40 bits per heavy atom. The molecule has 0 amide bonds. The molecular weight excluding hydrogens is 280 g/mol. The third-order valence-corrected chi connectivity index (χ3v) is 4.54. The first-order valence-electron chi connectivity index (χ1n) is 6.29. The molecule has 0 aliphatic heterocycles. The van der Waals surface area contributed by atoms with Crippen LogP contribution in [0.2, 0.25) is 0 Å². The molecule has 1 atom stereocenters. The number of aliphatic hydroxyl groups is 1. The zero-order valence-corrected chi connectivity index (χ0v) is 12.7. The molecule has 0 aromatic heterocycles. The van der Waals surface area contributed by atoms with Crippen LogP contribution in [0.25, 0.3) is 0 Å². The van der Waals surface area contributed by atoms with E-state index >= 15 is 0 Å². The lowest BCUT2D eigenvalue weighted by Gasteiger charge is -2.30. The highest BCUT2D eigenvalue weighted by atomic mass is 32.2.